The zero-order valence-corrected chi connectivity index (χ0v) is 9.25. The van der Waals surface area contributed by atoms with Crippen molar-refractivity contribution in [3.8, 4) is 0 Å². The summed E-state index contributed by atoms with van der Waals surface area (Å²) in [6.45, 7) is 2.20. The van der Waals surface area contributed by atoms with Crippen LogP contribution in [0.5, 0.6) is 0 Å². The maximum atomic E-state index is 4.60. The van der Waals surface area contributed by atoms with Gasteiger partial charge in [0.1, 0.15) is 5.82 Å². The molecular formula is C13H16N2. The highest BCUT2D eigenvalue weighted by molar-refractivity contribution is 5.83. The van der Waals surface area contributed by atoms with Crippen molar-refractivity contribution >= 4 is 16.7 Å². The fourth-order valence-electron chi connectivity index (χ4n) is 1.82. The van der Waals surface area contributed by atoms with Crippen LogP contribution < -0.4 is 5.32 Å². The van der Waals surface area contributed by atoms with Crippen molar-refractivity contribution in [3.05, 3.63) is 35.9 Å². The van der Waals surface area contributed by atoms with Crippen LogP contribution in [0.15, 0.2) is 30.3 Å². The number of fused-ring (bicyclic) bond motifs is 1. The van der Waals surface area contributed by atoms with Crippen LogP contribution in [0.3, 0.4) is 0 Å². The lowest BCUT2D eigenvalue weighted by Crippen LogP contribution is -1.94. The lowest BCUT2D eigenvalue weighted by molar-refractivity contribution is 0.926. The normalized spacial score (nSPS) is 10.5. The summed E-state index contributed by atoms with van der Waals surface area (Å²) in [6, 6.07) is 10.5. The van der Waals surface area contributed by atoms with Gasteiger partial charge >= 0.3 is 0 Å². The van der Waals surface area contributed by atoms with Crippen LogP contribution >= 0.6 is 0 Å². The van der Waals surface area contributed by atoms with Crippen molar-refractivity contribution in [2.45, 2.75) is 19.8 Å². The molecule has 0 spiro atoms. The first kappa shape index (κ1) is 9.97. The summed E-state index contributed by atoms with van der Waals surface area (Å²) in [7, 11) is 1.90. The predicted octanol–water partition coefficient (Wildman–Crippen LogP) is 3.23. The largest absolute Gasteiger partial charge is 0.373 e. The van der Waals surface area contributed by atoms with Crippen molar-refractivity contribution in [1.82, 2.24) is 4.98 Å². The highest BCUT2D eigenvalue weighted by Crippen LogP contribution is 2.20. The predicted molar refractivity (Wildman–Crippen MR) is 65.3 cm³/mol. The van der Waals surface area contributed by atoms with Crippen LogP contribution in [0, 0.1) is 0 Å². The Kier molecular flexibility index (Phi) is 2.86. The number of hydrogen-bond acceptors (Lipinski definition) is 2. The third kappa shape index (κ3) is 1.94. The van der Waals surface area contributed by atoms with Crippen LogP contribution in [0.4, 0.5) is 5.82 Å². The van der Waals surface area contributed by atoms with Gasteiger partial charge in [-0.15, -0.1) is 0 Å². The molecule has 0 saturated heterocycles. The molecule has 0 atom stereocenters. The molecule has 0 amide bonds. The smallest absolute Gasteiger partial charge is 0.126 e. The highest BCUT2D eigenvalue weighted by Gasteiger charge is 2.02. The summed E-state index contributed by atoms with van der Waals surface area (Å²) < 4.78 is 0. The molecule has 0 fully saturated rings. The van der Waals surface area contributed by atoms with Gasteiger partial charge in [0.15, 0.2) is 0 Å². The van der Waals surface area contributed by atoms with E-state index in [0.29, 0.717) is 0 Å². The van der Waals surface area contributed by atoms with E-state index in [1.807, 2.05) is 13.1 Å². The number of aromatic nitrogens is 1. The molecule has 0 unspecified atom stereocenters. The van der Waals surface area contributed by atoms with Crippen LogP contribution in [-0.2, 0) is 6.42 Å². The number of rotatable bonds is 3. The van der Waals surface area contributed by atoms with Crippen LogP contribution in [-0.4, -0.2) is 12.0 Å². The van der Waals surface area contributed by atoms with Gasteiger partial charge in [0, 0.05) is 12.4 Å². The van der Waals surface area contributed by atoms with Crippen LogP contribution in [0.2, 0.25) is 0 Å². The van der Waals surface area contributed by atoms with Crippen LogP contribution in [0.1, 0.15) is 18.9 Å². The molecule has 0 saturated carbocycles. The summed E-state index contributed by atoms with van der Waals surface area (Å²) in [5.74, 6) is 0.936. The minimum atomic E-state index is 0.936. The zero-order chi connectivity index (χ0) is 10.7. The van der Waals surface area contributed by atoms with E-state index in [1.54, 1.807) is 0 Å². The lowest BCUT2D eigenvalue weighted by atomic mass is 10.1. The molecule has 2 heteroatoms. The lowest BCUT2D eigenvalue weighted by Gasteiger charge is -2.06. The standard InChI is InChI=1S/C13H16N2/c1-3-5-10-6-4-7-11-8-9-12(14-2)15-13(10)11/h4,6-9H,3,5H2,1-2H3,(H,14,15). The van der Waals surface area contributed by atoms with Gasteiger partial charge in [-0.2, -0.15) is 0 Å². The maximum Gasteiger partial charge on any atom is 0.126 e. The van der Waals surface area contributed by atoms with E-state index in [9.17, 15) is 0 Å². The molecule has 0 aliphatic rings. The van der Waals surface area contributed by atoms with E-state index in [0.717, 1.165) is 24.2 Å². The number of aryl methyl sites for hydroxylation is 1. The second-order valence-electron chi connectivity index (χ2n) is 3.69. The first-order chi connectivity index (χ1) is 7.35. The van der Waals surface area contributed by atoms with Gasteiger partial charge in [0.2, 0.25) is 0 Å². The summed E-state index contributed by atoms with van der Waals surface area (Å²) in [5.41, 5.74) is 2.47. The SMILES string of the molecule is CCCc1cccc2ccc(NC)nc12. The minimum absolute atomic E-state index is 0.936. The zero-order valence-electron chi connectivity index (χ0n) is 9.25. The van der Waals surface area contributed by atoms with Gasteiger partial charge in [-0.05, 0) is 24.1 Å². The van der Waals surface area contributed by atoms with E-state index in [2.05, 4.69) is 41.5 Å². The second kappa shape index (κ2) is 4.30. The summed E-state index contributed by atoms with van der Waals surface area (Å²) >= 11 is 0. The molecule has 2 rings (SSSR count). The van der Waals surface area contributed by atoms with E-state index >= 15 is 0 Å². The molecular weight excluding hydrogens is 184 g/mol. The number of pyridine rings is 1. The third-order valence-corrected chi connectivity index (χ3v) is 2.58. The first-order valence-corrected chi connectivity index (χ1v) is 5.41. The number of nitrogens with zero attached hydrogens (tertiary/aromatic N) is 1. The molecule has 78 valence electrons. The van der Waals surface area contributed by atoms with Crippen molar-refractivity contribution in [1.29, 1.82) is 0 Å². The Morgan fingerprint density at radius 3 is 2.80 bits per heavy atom. The average molecular weight is 200 g/mol. The van der Waals surface area contributed by atoms with E-state index < -0.39 is 0 Å². The molecule has 1 aromatic carbocycles. The van der Waals surface area contributed by atoms with E-state index in [4.69, 9.17) is 0 Å². The number of hydrogen-bond donors (Lipinski definition) is 1. The van der Waals surface area contributed by atoms with Gasteiger partial charge in [0.05, 0.1) is 5.52 Å². The Balaban J connectivity index is 2.59. The maximum absolute atomic E-state index is 4.60. The van der Waals surface area contributed by atoms with Gasteiger partial charge < -0.3 is 5.32 Å². The number of anilines is 1. The monoisotopic (exact) mass is 200 g/mol. The molecule has 2 aromatic rings. The third-order valence-electron chi connectivity index (χ3n) is 2.58. The van der Waals surface area contributed by atoms with Crippen molar-refractivity contribution in [3.63, 3.8) is 0 Å². The number of benzene rings is 1. The summed E-state index contributed by atoms with van der Waals surface area (Å²) in [4.78, 5) is 4.60. The Morgan fingerprint density at radius 1 is 1.20 bits per heavy atom. The molecule has 1 heterocycles. The molecule has 15 heavy (non-hydrogen) atoms. The highest BCUT2D eigenvalue weighted by atomic mass is 15.0. The van der Waals surface area contributed by atoms with Crippen molar-refractivity contribution in [2.24, 2.45) is 0 Å². The number of para-hydroxylation sites is 1. The molecule has 0 aliphatic carbocycles. The van der Waals surface area contributed by atoms with Crippen LogP contribution in [0.25, 0.3) is 10.9 Å². The Labute approximate surface area is 90.3 Å². The molecule has 1 N–H and O–H groups in total. The molecule has 0 aliphatic heterocycles. The Hall–Kier alpha value is -1.57. The van der Waals surface area contributed by atoms with E-state index in [1.165, 1.54) is 10.9 Å². The molecule has 0 radical (unpaired) electrons. The average Bonchev–Trinajstić information content (AvgIpc) is 2.29. The van der Waals surface area contributed by atoms with Gasteiger partial charge in [-0.25, -0.2) is 4.98 Å². The molecule has 0 bridgehead atoms. The van der Waals surface area contributed by atoms with E-state index in [-0.39, 0.29) is 0 Å². The molecule has 2 nitrogen and oxygen atoms in total. The van der Waals surface area contributed by atoms with Gasteiger partial charge in [-0.1, -0.05) is 31.5 Å². The second-order valence-corrected chi connectivity index (χ2v) is 3.69. The van der Waals surface area contributed by atoms with Crippen molar-refractivity contribution < 1.29 is 0 Å². The summed E-state index contributed by atoms with van der Waals surface area (Å²) in [6.07, 6.45) is 2.25. The van der Waals surface area contributed by atoms with Crippen molar-refractivity contribution in [2.75, 3.05) is 12.4 Å². The topological polar surface area (TPSA) is 24.9 Å². The number of nitrogens with one attached hydrogen (secondary N) is 1. The Morgan fingerprint density at radius 2 is 2.07 bits per heavy atom. The minimum Gasteiger partial charge on any atom is -0.373 e. The Bertz CT molecular complexity index is 463. The fourth-order valence-corrected chi connectivity index (χ4v) is 1.82. The van der Waals surface area contributed by atoms with Gasteiger partial charge in [-0.3, -0.25) is 0 Å². The first-order valence-electron chi connectivity index (χ1n) is 5.41. The fraction of sp³-hybridized carbons (Fsp3) is 0.308. The quantitative estimate of drug-likeness (QED) is 0.822. The molecule has 1 aromatic heterocycles. The summed E-state index contributed by atoms with van der Waals surface area (Å²) in [5, 5.41) is 4.30. The van der Waals surface area contributed by atoms with Gasteiger partial charge in [0.25, 0.3) is 0 Å².